The minimum atomic E-state index is -0.420. The molecule has 5 heteroatoms. The van der Waals surface area contributed by atoms with E-state index in [1.54, 1.807) is 0 Å². The molecule has 88 valence electrons. The highest BCUT2D eigenvalue weighted by Gasteiger charge is 2.31. The van der Waals surface area contributed by atoms with Crippen LogP contribution < -0.4 is 5.73 Å². The fourth-order valence-electron chi connectivity index (χ4n) is 1.74. The molecule has 0 bridgehead atoms. The predicted molar refractivity (Wildman–Crippen MR) is 68.3 cm³/mol. The number of rotatable bonds is 3. The topological polar surface area (TPSA) is 66.6 Å². The van der Waals surface area contributed by atoms with Crippen molar-refractivity contribution < 1.29 is 9.90 Å². The average molecular weight is 248 g/mol. The number of carbonyl (C=O) groups is 1. The maximum Gasteiger partial charge on any atom is 0.289 e. The monoisotopic (exact) mass is 248 g/mol. The molecule has 1 aliphatic heterocycles. The molecule has 17 heavy (non-hydrogen) atoms. The zero-order valence-corrected chi connectivity index (χ0v) is 9.91. The molecule has 0 aliphatic carbocycles. The van der Waals surface area contributed by atoms with Crippen LogP contribution in [0.15, 0.2) is 41.7 Å². The minimum absolute atomic E-state index is 0.0754. The van der Waals surface area contributed by atoms with E-state index in [2.05, 4.69) is 0 Å². The SMILES string of the molecule is NC(=S)C1=C(O)C(=O)N(Cc2ccccc2)C1. The Bertz CT molecular complexity index is 496. The van der Waals surface area contributed by atoms with Gasteiger partial charge in [0.1, 0.15) is 4.99 Å². The molecule has 2 rings (SSSR count). The molecule has 0 fully saturated rings. The maximum atomic E-state index is 11.7. The number of thiocarbonyl (C=S) groups is 1. The van der Waals surface area contributed by atoms with Gasteiger partial charge in [0.25, 0.3) is 5.91 Å². The fraction of sp³-hybridized carbons (Fsp3) is 0.167. The molecule has 0 spiro atoms. The van der Waals surface area contributed by atoms with Crippen LogP contribution in [-0.2, 0) is 11.3 Å². The van der Waals surface area contributed by atoms with E-state index in [0.717, 1.165) is 5.56 Å². The Morgan fingerprint density at radius 1 is 1.41 bits per heavy atom. The van der Waals surface area contributed by atoms with Crippen molar-refractivity contribution in [1.29, 1.82) is 0 Å². The van der Waals surface area contributed by atoms with Crippen LogP contribution in [0.4, 0.5) is 0 Å². The molecule has 3 N–H and O–H groups in total. The summed E-state index contributed by atoms with van der Waals surface area (Å²) in [7, 11) is 0. The van der Waals surface area contributed by atoms with Crippen molar-refractivity contribution in [2.24, 2.45) is 5.73 Å². The highest BCUT2D eigenvalue weighted by molar-refractivity contribution is 7.80. The number of carbonyl (C=O) groups excluding carboxylic acids is 1. The molecule has 0 radical (unpaired) electrons. The number of hydrogen-bond acceptors (Lipinski definition) is 3. The molecular formula is C12H12N2O2S. The van der Waals surface area contributed by atoms with E-state index in [4.69, 9.17) is 18.0 Å². The molecule has 1 heterocycles. The summed E-state index contributed by atoms with van der Waals surface area (Å²) >= 11 is 4.78. The first-order valence-corrected chi connectivity index (χ1v) is 5.55. The molecule has 1 aromatic rings. The van der Waals surface area contributed by atoms with Crippen LogP contribution in [0.3, 0.4) is 0 Å². The quantitative estimate of drug-likeness (QED) is 0.787. The van der Waals surface area contributed by atoms with E-state index in [1.165, 1.54) is 4.90 Å². The molecule has 0 atom stereocenters. The lowest BCUT2D eigenvalue weighted by atomic mass is 10.2. The van der Waals surface area contributed by atoms with Crippen molar-refractivity contribution in [2.75, 3.05) is 6.54 Å². The largest absolute Gasteiger partial charge is 0.503 e. The molecule has 0 unspecified atom stereocenters. The Kier molecular flexibility index (Phi) is 3.10. The summed E-state index contributed by atoms with van der Waals surface area (Å²) in [6, 6.07) is 9.55. The Balaban J connectivity index is 2.13. The van der Waals surface area contributed by atoms with Gasteiger partial charge in [0.2, 0.25) is 0 Å². The Morgan fingerprint density at radius 2 is 2.06 bits per heavy atom. The second kappa shape index (κ2) is 4.55. The molecule has 0 saturated heterocycles. The lowest BCUT2D eigenvalue weighted by molar-refractivity contribution is -0.128. The van der Waals surface area contributed by atoms with Crippen LogP contribution in [0.25, 0.3) is 0 Å². The Labute approximate surface area is 104 Å². The van der Waals surface area contributed by atoms with Gasteiger partial charge in [0.15, 0.2) is 5.76 Å². The molecular weight excluding hydrogens is 236 g/mol. The molecule has 4 nitrogen and oxygen atoms in total. The van der Waals surface area contributed by atoms with Crippen LogP contribution in [0.2, 0.25) is 0 Å². The van der Waals surface area contributed by atoms with Crippen LogP contribution in [0.5, 0.6) is 0 Å². The number of nitrogens with two attached hydrogens (primary N) is 1. The van der Waals surface area contributed by atoms with Crippen molar-refractivity contribution in [3.63, 3.8) is 0 Å². The molecule has 0 aromatic heterocycles. The van der Waals surface area contributed by atoms with E-state index in [1.807, 2.05) is 30.3 Å². The minimum Gasteiger partial charge on any atom is -0.503 e. The van der Waals surface area contributed by atoms with Crippen molar-refractivity contribution in [1.82, 2.24) is 4.90 Å². The first kappa shape index (κ1) is 11.6. The van der Waals surface area contributed by atoms with Crippen LogP contribution in [0, 0.1) is 0 Å². The lowest BCUT2D eigenvalue weighted by Gasteiger charge is -2.15. The van der Waals surface area contributed by atoms with Crippen molar-refractivity contribution in [2.45, 2.75) is 6.54 Å². The third-order valence-corrected chi connectivity index (χ3v) is 2.88. The number of aliphatic hydroxyl groups excluding tert-OH is 1. The van der Waals surface area contributed by atoms with Gasteiger partial charge in [-0.3, -0.25) is 4.79 Å². The van der Waals surface area contributed by atoms with Gasteiger partial charge in [-0.25, -0.2) is 0 Å². The summed E-state index contributed by atoms with van der Waals surface area (Å²) in [4.78, 5) is 13.3. The molecule has 0 saturated carbocycles. The van der Waals surface area contributed by atoms with E-state index < -0.39 is 5.91 Å². The van der Waals surface area contributed by atoms with Gasteiger partial charge in [0, 0.05) is 6.54 Å². The van der Waals surface area contributed by atoms with E-state index in [9.17, 15) is 9.90 Å². The molecule has 1 aromatic carbocycles. The van der Waals surface area contributed by atoms with Gasteiger partial charge in [-0.2, -0.15) is 0 Å². The smallest absolute Gasteiger partial charge is 0.289 e. The number of hydrogen-bond donors (Lipinski definition) is 2. The molecule has 1 aliphatic rings. The number of nitrogens with zero attached hydrogens (tertiary/aromatic N) is 1. The second-order valence-corrected chi connectivity index (χ2v) is 4.28. The first-order chi connectivity index (χ1) is 8.09. The van der Waals surface area contributed by atoms with Gasteiger partial charge < -0.3 is 15.7 Å². The maximum absolute atomic E-state index is 11.7. The standard InChI is InChI=1S/C12H12N2O2S/c13-11(17)9-7-14(12(16)10(9)15)6-8-4-2-1-3-5-8/h1-5,15H,6-7H2,(H2,13,17). The Morgan fingerprint density at radius 3 is 2.59 bits per heavy atom. The van der Waals surface area contributed by atoms with E-state index in [0.29, 0.717) is 12.1 Å². The third kappa shape index (κ3) is 2.29. The average Bonchev–Trinajstić information content (AvgIpc) is 2.59. The fourth-order valence-corrected chi connectivity index (χ4v) is 1.90. The van der Waals surface area contributed by atoms with Crippen LogP contribution in [0.1, 0.15) is 5.56 Å². The Hall–Kier alpha value is -1.88. The molecule has 1 amide bonds. The summed E-state index contributed by atoms with van der Waals surface area (Å²) in [5.41, 5.74) is 6.79. The summed E-state index contributed by atoms with van der Waals surface area (Å²) < 4.78 is 0. The first-order valence-electron chi connectivity index (χ1n) is 5.14. The number of amides is 1. The summed E-state index contributed by atoms with van der Waals surface area (Å²) in [5.74, 6) is -0.745. The van der Waals surface area contributed by atoms with Crippen molar-refractivity contribution >= 4 is 23.1 Å². The number of aliphatic hydroxyl groups is 1. The third-order valence-electron chi connectivity index (χ3n) is 2.64. The van der Waals surface area contributed by atoms with Gasteiger partial charge in [-0.05, 0) is 5.56 Å². The van der Waals surface area contributed by atoms with Crippen LogP contribution in [-0.4, -0.2) is 27.4 Å². The van der Waals surface area contributed by atoms with Gasteiger partial charge >= 0.3 is 0 Å². The zero-order chi connectivity index (χ0) is 12.4. The van der Waals surface area contributed by atoms with Crippen LogP contribution >= 0.6 is 12.2 Å². The van der Waals surface area contributed by atoms with Gasteiger partial charge in [-0.1, -0.05) is 42.5 Å². The van der Waals surface area contributed by atoms with E-state index >= 15 is 0 Å². The summed E-state index contributed by atoms with van der Waals surface area (Å²) in [6.45, 7) is 0.713. The normalized spacial score (nSPS) is 15.5. The highest BCUT2D eigenvalue weighted by Crippen LogP contribution is 2.19. The predicted octanol–water partition coefficient (Wildman–Crippen LogP) is 1.13. The van der Waals surface area contributed by atoms with Gasteiger partial charge in [0.05, 0.1) is 12.1 Å². The van der Waals surface area contributed by atoms with E-state index in [-0.39, 0.29) is 17.3 Å². The van der Waals surface area contributed by atoms with Gasteiger partial charge in [-0.15, -0.1) is 0 Å². The van der Waals surface area contributed by atoms with Crippen molar-refractivity contribution in [3.8, 4) is 0 Å². The lowest BCUT2D eigenvalue weighted by Crippen LogP contribution is -2.27. The number of benzene rings is 1. The highest BCUT2D eigenvalue weighted by atomic mass is 32.1. The summed E-state index contributed by atoms with van der Waals surface area (Å²) in [5, 5.41) is 9.60. The zero-order valence-electron chi connectivity index (χ0n) is 9.09. The van der Waals surface area contributed by atoms with Crippen molar-refractivity contribution in [3.05, 3.63) is 47.2 Å². The summed E-state index contributed by atoms with van der Waals surface area (Å²) in [6.07, 6.45) is 0. The second-order valence-electron chi connectivity index (χ2n) is 3.84.